The van der Waals surface area contributed by atoms with E-state index in [1.165, 1.54) is 12.3 Å². The van der Waals surface area contributed by atoms with Gasteiger partial charge in [-0.1, -0.05) is 18.2 Å². The number of nitrogens with one attached hydrogen (secondary N) is 2. The molecule has 0 spiro atoms. The van der Waals surface area contributed by atoms with E-state index in [0.717, 1.165) is 13.0 Å². The molecular weight excluding hydrogens is 335 g/mol. The van der Waals surface area contributed by atoms with Gasteiger partial charge in [0.15, 0.2) is 0 Å². The van der Waals surface area contributed by atoms with Crippen molar-refractivity contribution in [1.82, 2.24) is 15.5 Å². The predicted molar refractivity (Wildman–Crippen MR) is 95.2 cm³/mol. The van der Waals surface area contributed by atoms with E-state index in [-0.39, 0.29) is 17.3 Å². The highest BCUT2D eigenvalue weighted by molar-refractivity contribution is 5.97. The van der Waals surface area contributed by atoms with Crippen molar-refractivity contribution in [2.45, 2.75) is 25.7 Å². The molecule has 1 aliphatic rings. The molecule has 1 aliphatic heterocycles. The maximum absolute atomic E-state index is 13.5. The maximum atomic E-state index is 13.5. The zero-order valence-electron chi connectivity index (χ0n) is 14.6. The second kappa shape index (κ2) is 10.2. The first-order chi connectivity index (χ1) is 12.6. The van der Waals surface area contributed by atoms with Gasteiger partial charge in [0.1, 0.15) is 17.5 Å². The van der Waals surface area contributed by atoms with E-state index in [1.54, 1.807) is 23.1 Å². The average Bonchev–Trinajstić information content (AvgIpc) is 3.05. The minimum Gasteiger partial charge on any atom is -0.389 e. The number of halogens is 1. The number of amides is 2. The third-order valence-corrected chi connectivity index (χ3v) is 4.17. The molecule has 1 fully saturated rings. The smallest absolute Gasteiger partial charge is 0.263 e. The van der Waals surface area contributed by atoms with Crippen LogP contribution in [0.3, 0.4) is 0 Å². The van der Waals surface area contributed by atoms with Crippen LogP contribution in [0.4, 0.5) is 4.39 Å². The largest absolute Gasteiger partial charge is 0.389 e. The Morgan fingerprint density at radius 3 is 2.85 bits per heavy atom. The van der Waals surface area contributed by atoms with Crippen LogP contribution >= 0.6 is 0 Å². The van der Waals surface area contributed by atoms with E-state index in [0.29, 0.717) is 44.5 Å². The lowest BCUT2D eigenvalue weighted by molar-refractivity contribution is -0.127. The number of nitriles is 1. The third kappa shape index (κ3) is 5.88. The summed E-state index contributed by atoms with van der Waals surface area (Å²) in [5.41, 5.74) is 0.545. The first-order valence-electron chi connectivity index (χ1n) is 8.75. The number of carbonyl (C=O) groups is 2. The molecule has 0 aliphatic carbocycles. The van der Waals surface area contributed by atoms with Crippen molar-refractivity contribution < 1.29 is 14.0 Å². The van der Waals surface area contributed by atoms with Crippen molar-refractivity contribution in [3.63, 3.8) is 0 Å². The first-order valence-corrected chi connectivity index (χ1v) is 8.75. The molecule has 26 heavy (non-hydrogen) atoms. The fourth-order valence-electron chi connectivity index (χ4n) is 2.74. The van der Waals surface area contributed by atoms with Gasteiger partial charge in [-0.25, -0.2) is 4.39 Å². The fraction of sp³-hybridized carbons (Fsp3) is 0.421. The number of hydrogen-bond acceptors (Lipinski definition) is 4. The lowest BCUT2D eigenvalue weighted by atomic mass is 10.1. The molecule has 2 N–H and O–H groups in total. The highest BCUT2D eigenvalue weighted by Crippen LogP contribution is 2.09. The zero-order valence-corrected chi connectivity index (χ0v) is 14.6. The second-order valence-electron chi connectivity index (χ2n) is 6.06. The molecular formula is C19H23FN4O2. The van der Waals surface area contributed by atoms with E-state index in [9.17, 15) is 14.0 Å². The average molecular weight is 358 g/mol. The summed E-state index contributed by atoms with van der Waals surface area (Å²) in [6.07, 6.45) is 3.95. The topological polar surface area (TPSA) is 85.2 Å². The Morgan fingerprint density at radius 1 is 1.35 bits per heavy atom. The van der Waals surface area contributed by atoms with Crippen molar-refractivity contribution in [2.24, 2.45) is 0 Å². The number of hydrogen-bond donors (Lipinski definition) is 2. The Morgan fingerprint density at radius 2 is 2.15 bits per heavy atom. The van der Waals surface area contributed by atoms with Gasteiger partial charge >= 0.3 is 0 Å². The summed E-state index contributed by atoms with van der Waals surface area (Å²) in [7, 11) is 0. The molecule has 1 heterocycles. The molecule has 1 aromatic carbocycles. The van der Waals surface area contributed by atoms with Gasteiger partial charge in [0, 0.05) is 38.8 Å². The van der Waals surface area contributed by atoms with Gasteiger partial charge < -0.3 is 15.5 Å². The summed E-state index contributed by atoms with van der Waals surface area (Å²) in [5.74, 6) is -0.570. The highest BCUT2D eigenvalue weighted by atomic mass is 19.1. The lowest BCUT2D eigenvalue weighted by Crippen LogP contribution is -2.31. The van der Waals surface area contributed by atoms with Crippen LogP contribution in [0.15, 0.2) is 36.0 Å². The summed E-state index contributed by atoms with van der Waals surface area (Å²) >= 11 is 0. The van der Waals surface area contributed by atoms with Crippen LogP contribution < -0.4 is 10.6 Å². The minimum atomic E-state index is -0.460. The van der Waals surface area contributed by atoms with Gasteiger partial charge in [-0.15, -0.1) is 0 Å². The summed E-state index contributed by atoms with van der Waals surface area (Å²) < 4.78 is 13.5. The molecule has 2 amide bonds. The number of rotatable bonds is 9. The maximum Gasteiger partial charge on any atom is 0.263 e. The van der Waals surface area contributed by atoms with E-state index < -0.39 is 5.91 Å². The minimum absolute atomic E-state index is 0.0317. The van der Waals surface area contributed by atoms with Crippen molar-refractivity contribution in [3.8, 4) is 6.07 Å². The SMILES string of the molecule is N#C/C(=C/NCCc1ccccc1F)C(=O)NCCCN1CCCC1=O. The number of carbonyl (C=O) groups excluding carboxylic acids is 2. The Kier molecular flexibility index (Phi) is 7.62. The Bertz CT molecular complexity index is 712. The second-order valence-corrected chi connectivity index (χ2v) is 6.06. The molecule has 0 aromatic heterocycles. The standard InChI is InChI=1S/C19H23FN4O2/c20-17-6-2-1-5-15(17)8-10-22-14-16(13-21)19(26)23-9-4-12-24-11-3-7-18(24)25/h1-2,5-6,14,22H,3-4,7-12H2,(H,23,26)/b16-14-. The molecule has 0 atom stereocenters. The van der Waals surface area contributed by atoms with Crippen molar-refractivity contribution in [1.29, 1.82) is 5.26 Å². The molecule has 1 aromatic rings. The molecule has 6 nitrogen and oxygen atoms in total. The first kappa shape index (κ1) is 19.4. The van der Waals surface area contributed by atoms with E-state index in [2.05, 4.69) is 10.6 Å². The van der Waals surface area contributed by atoms with Crippen LogP contribution in [0.25, 0.3) is 0 Å². The van der Waals surface area contributed by atoms with Gasteiger partial charge in [0.05, 0.1) is 0 Å². The summed E-state index contributed by atoms with van der Waals surface area (Å²) in [5, 5.41) is 14.6. The van der Waals surface area contributed by atoms with E-state index >= 15 is 0 Å². The van der Waals surface area contributed by atoms with Crippen LogP contribution in [-0.2, 0) is 16.0 Å². The fourth-order valence-corrected chi connectivity index (χ4v) is 2.74. The molecule has 138 valence electrons. The lowest BCUT2D eigenvalue weighted by Gasteiger charge is -2.15. The van der Waals surface area contributed by atoms with E-state index in [1.807, 2.05) is 6.07 Å². The van der Waals surface area contributed by atoms with Gasteiger partial charge in [0.25, 0.3) is 5.91 Å². The predicted octanol–water partition coefficient (Wildman–Crippen LogP) is 1.49. The van der Waals surface area contributed by atoms with Crippen LogP contribution in [0, 0.1) is 17.1 Å². The summed E-state index contributed by atoms with van der Waals surface area (Å²) in [4.78, 5) is 25.2. The number of nitrogens with zero attached hydrogens (tertiary/aromatic N) is 2. The summed E-state index contributed by atoms with van der Waals surface area (Å²) in [6.45, 7) is 2.21. The van der Waals surface area contributed by atoms with Gasteiger partial charge in [-0.05, 0) is 30.9 Å². The van der Waals surface area contributed by atoms with Gasteiger partial charge in [-0.2, -0.15) is 5.26 Å². The number of benzene rings is 1. The molecule has 0 radical (unpaired) electrons. The quantitative estimate of drug-likeness (QED) is 0.398. The van der Waals surface area contributed by atoms with Crippen molar-refractivity contribution in [2.75, 3.05) is 26.2 Å². The van der Waals surface area contributed by atoms with Gasteiger partial charge in [0.2, 0.25) is 5.91 Å². The monoisotopic (exact) mass is 358 g/mol. The van der Waals surface area contributed by atoms with Crippen LogP contribution in [0.2, 0.25) is 0 Å². The number of likely N-dealkylation sites (tertiary alicyclic amines) is 1. The van der Waals surface area contributed by atoms with Gasteiger partial charge in [-0.3, -0.25) is 9.59 Å². The molecule has 7 heteroatoms. The summed E-state index contributed by atoms with van der Waals surface area (Å²) in [6, 6.07) is 8.34. The van der Waals surface area contributed by atoms with Crippen molar-refractivity contribution in [3.05, 3.63) is 47.4 Å². The molecule has 0 bridgehead atoms. The molecule has 1 saturated heterocycles. The molecule has 2 rings (SSSR count). The van der Waals surface area contributed by atoms with Crippen LogP contribution in [0.1, 0.15) is 24.8 Å². The van der Waals surface area contributed by atoms with E-state index in [4.69, 9.17) is 5.26 Å². The highest BCUT2D eigenvalue weighted by Gasteiger charge is 2.19. The normalized spacial score (nSPS) is 14.2. The van der Waals surface area contributed by atoms with Crippen LogP contribution in [-0.4, -0.2) is 42.9 Å². The Balaban J connectivity index is 1.68. The Hall–Kier alpha value is -2.88. The zero-order chi connectivity index (χ0) is 18.8. The Labute approximate surface area is 152 Å². The molecule has 0 unspecified atom stereocenters. The third-order valence-electron chi connectivity index (χ3n) is 4.17. The molecule has 0 saturated carbocycles. The van der Waals surface area contributed by atoms with Crippen LogP contribution in [0.5, 0.6) is 0 Å². The van der Waals surface area contributed by atoms with Crippen molar-refractivity contribution >= 4 is 11.8 Å².